The summed E-state index contributed by atoms with van der Waals surface area (Å²) in [7, 11) is 1.79. The summed E-state index contributed by atoms with van der Waals surface area (Å²) in [5.41, 5.74) is 2.42. The van der Waals surface area contributed by atoms with Gasteiger partial charge in [-0.25, -0.2) is 14.4 Å². The van der Waals surface area contributed by atoms with Gasteiger partial charge in [0.25, 0.3) is 0 Å². The van der Waals surface area contributed by atoms with Gasteiger partial charge in [0.05, 0.1) is 17.6 Å². The Labute approximate surface area is 193 Å². The maximum atomic E-state index is 14.6. The predicted molar refractivity (Wildman–Crippen MR) is 125 cm³/mol. The quantitative estimate of drug-likeness (QED) is 0.269. The van der Waals surface area contributed by atoms with Crippen molar-refractivity contribution in [3.05, 3.63) is 78.7 Å². The normalized spacial score (nSPS) is 10.5. The lowest BCUT2D eigenvalue weighted by Gasteiger charge is -2.14. The summed E-state index contributed by atoms with van der Waals surface area (Å²) in [5, 5.41) is 13.0. The third-order valence-corrected chi connectivity index (χ3v) is 4.67. The SMILES string of the molecule is C=CC(=O)Nc1ccc(F)c(Nc2nc(Nc3cnn(C)c3)ncc2-c2ccnc(Cl)c2)c1. The molecule has 0 bridgehead atoms. The molecule has 3 N–H and O–H groups in total. The molecule has 1 amide bonds. The Kier molecular flexibility index (Phi) is 6.27. The molecule has 9 nitrogen and oxygen atoms in total. The van der Waals surface area contributed by atoms with Crippen molar-refractivity contribution in [2.75, 3.05) is 16.0 Å². The molecule has 0 aliphatic heterocycles. The zero-order valence-corrected chi connectivity index (χ0v) is 18.1. The number of anilines is 5. The lowest BCUT2D eigenvalue weighted by Crippen LogP contribution is -2.08. The number of nitrogens with one attached hydrogen (secondary N) is 3. The van der Waals surface area contributed by atoms with Gasteiger partial charge in [-0.15, -0.1) is 0 Å². The van der Waals surface area contributed by atoms with Crippen molar-refractivity contribution in [2.24, 2.45) is 7.05 Å². The van der Waals surface area contributed by atoms with Crippen LogP contribution in [0.1, 0.15) is 0 Å². The summed E-state index contributed by atoms with van der Waals surface area (Å²) in [6.45, 7) is 3.41. The standard InChI is InChI=1S/C22H18ClFN8O/c1-3-20(33)28-14-4-5-17(24)18(9-14)30-21-16(13-6-7-25-19(23)8-13)11-26-22(31-21)29-15-10-27-32(2)12-15/h3-12H,1H2,2H3,(H,28,33)(H2,26,29,30,31). The van der Waals surface area contributed by atoms with Gasteiger partial charge in [0.2, 0.25) is 11.9 Å². The second-order valence-corrected chi connectivity index (χ2v) is 7.25. The van der Waals surface area contributed by atoms with Gasteiger partial charge in [0.1, 0.15) is 16.8 Å². The highest BCUT2D eigenvalue weighted by molar-refractivity contribution is 6.29. The zero-order chi connectivity index (χ0) is 23.4. The van der Waals surface area contributed by atoms with Gasteiger partial charge in [-0.1, -0.05) is 18.2 Å². The molecular weight excluding hydrogens is 447 g/mol. The van der Waals surface area contributed by atoms with Crippen LogP contribution in [-0.4, -0.2) is 30.6 Å². The van der Waals surface area contributed by atoms with Crippen molar-refractivity contribution in [2.45, 2.75) is 0 Å². The molecule has 4 aromatic rings. The Morgan fingerprint density at radius 2 is 2.00 bits per heavy atom. The first-order valence-corrected chi connectivity index (χ1v) is 10.0. The van der Waals surface area contributed by atoms with Crippen LogP contribution in [0.3, 0.4) is 0 Å². The fraction of sp³-hybridized carbons (Fsp3) is 0.0455. The van der Waals surface area contributed by atoms with Crippen LogP contribution in [0.15, 0.2) is 67.8 Å². The number of pyridine rings is 1. The fourth-order valence-corrected chi connectivity index (χ4v) is 3.13. The molecule has 0 fully saturated rings. The summed E-state index contributed by atoms with van der Waals surface area (Å²) in [6, 6.07) is 7.52. The zero-order valence-electron chi connectivity index (χ0n) is 17.4. The Balaban J connectivity index is 1.74. The van der Waals surface area contributed by atoms with E-state index in [1.165, 1.54) is 18.2 Å². The molecule has 3 heterocycles. The van der Waals surface area contributed by atoms with Gasteiger partial charge >= 0.3 is 0 Å². The number of benzene rings is 1. The number of amides is 1. The summed E-state index contributed by atoms with van der Waals surface area (Å²) in [5.74, 6) is -0.369. The Bertz CT molecular complexity index is 1340. The topological polar surface area (TPSA) is 110 Å². The second-order valence-electron chi connectivity index (χ2n) is 6.86. The average molecular weight is 465 g/mol. The second kappa shape index (κ2) is 9.45. The Morgan fingerprint density at radius 3 is 2.73 bits per heavy atom. The number of hydrogen-bond acceptors (Lipinski definition) is 7. The molecule has 0 saturated heterocycles. The monoisotopic (exact) mass is 464 g/mol. The van der Waals surface area contributed by atoms with E-state index < -0.39 is 11.7 Å². The number of aryl methyl sites for hydroxylation is 1. The summed E-state index contributed by atoms with van der Waals surface area (Å²) >= 11 is 6.05. The number of aromatic nitrogens is 5. The van der Waals surface area contributed by atoms with E-state index in [1.54, 1.807) is 48.6 Å². The van der Waals surface area contributed by atoms with Crippen molar-refractivity contribution in [3.63, 3.8) is 0 Å². The van der Waals surface area contributed by atoms with Crippen LogP contribution >= 0.6 is 11.6 Å². The Hall–Kier alpha value is -4.31. The van der Waals surface area contributed by atoms with Gasteiger partial charge in [-0.2, -0.15) is 10.1 Å². The molecule has 4 rings (SSSR count). The van der Waals surface area contributed by atoms with E-state index >= 15 is 0 Å². The largest absolute Gasteiger partial charge is 0.337 e. The van der Waals surface area contributed by atoms with Crippen molar-refractivity contribution >= 4 is 46.3 Å². The van der Waals surface area contributed by atoms with E-state index in [0.717, 1.165) is 6.08 Å². The molecule has 3 aromatic heterocycles. The minimum absolute atomic E-state index is 0.101. The van der Waals surface area contributed by atoms with E-state index in [9.17, 15) is 9.18 Å². The molecular formula is C22H18ClFN8O. The molecule has 11 heteroatoms. The molecule has 0 radical (unpaired) electrons. The smallest absolute Gasteiger partial charge is 0.247 e. The van der Waals surface area contributed by atoms with Crippen LogP contribution in [0.5, 0.6) is 0 Å². The molecule has 0 atom stereocenters. The summed E-state index contributed by atoms with van der Waals surface area (Å²) in [6.07, 6.45) is 7.65. The molecule has 33 heavy (non-hydrogen) atoms. The number of hydrogen-bond donors (Lipinski definition) is 3. The third-order valence-electron chi connectivity index (χ3n) is 4.46. The van der Waals surface area contributed by atoms with Gasteiger partial charge in [-0.3, -0.25) is 9.48 Å². The van der Waals surface area contributed by atoms with Crippen molar-refractivity contribution in [3.8, 4) is 11.1 Å². The first-order valence-electron chi connectivity index (χ1n) is 9.66. The highest BCUT2D eigenvalue weighted by Gasteiger charge is 2.14. The van der Waals surface area contributed by atoms with Gasteiger partial charge in [0.15, 0.2) is 0 Å². The maximum absolute atomic E-state index is 14.6. The number of nitrogens with zero attached hydrogens (tertiary/aromatic N) is 5. The lowest BCUT2D eigenvalue weighted by atomic mass is 10.1. The van der Waals surface area contributed by atoms with Crippen LogP contribution in [0, 0.1) is 5.82 Å². The van der Waals surface area contributed by atoms with Gasteiger partial charge < -0.3 is 16.0 Å². The van der Waals surface area contributed by atoms with Crippen molar-refractivity contribution in [1.29, 1.82) is 0 Å². The first-order chi connectivity index (χ1) is 15.9. The van der Waals surface area contributed by atoms with Gasteiger partial charge in [-0.05, 0) is 42.0 Å². The molecule has 1 aromatic carbocycles. The Morgan fingerprint density at radius 1 is 1.15 bits per heavy atom. The molecule has 0 aliphatic carbocycles. The van der Waals surface area contributed by atoms with Crippen LogP contribution in [0.25, 0.3) is 11.1 Å². The summed E-state index contributed by atoms with van der Waals surface area (Å²) in [4.78, 5) is 24.5. The van der Waals surface area contributed by atoms with Crippen LogP contribution in [-0.2, 0) is 11.8 Å². The van der Waals surface area contributed by atoms with Crippen LogP contribution < -0.4 is 16.0 Å². The van der Waals surface area contributed by atoms with E-state index in [2.05, 4.69) is 42.6 Å². The van der Waals surface area contributed by atoms with Crippen molar-refractivity contribution in [1.82, 2.24) is 24.7 Å². The maximum Gasteiger partial charge on any atom is 0.247 e. The van der Waals surface area contributed by atoms with Crippen LogP contribution in [0.4, 0.5) is 33.2 Å². The average Bonchev–Trinajstić information content (AvgIpc) is 3.20. The molecule has 0 saturated carbocycles. The predicted octanol–water partition coefficient (Wildman–Crippen LogP) is 4.68. The van der Waals surface area contributed by atoms with Crippen molar-refractivity contribution < 1.29 is 9.18 Å². The minimum Gasteiger partial charge on any atom is -0.337 e. The highest BCUT2D eigenvalue weighted by Crippen LogP contribution is 2.32. The molecule has 166 valence electrons. The number of rotatable bonds is 7. The number of halogens is 2. The highest BCUT2D eigenvalue weighted by atomic mass is 35.5. The first kappa shape index (κ1) is 21.9. The third kappa shape index (κ3) is 5.31. The van der Waals surface area contributed by atoms with Gasteiger partial charge in [0, 0.05) is 36.9 Å². The van der Waals surface area contributed by atoms with E-state index in [1.807, 2.05) is 0 Å². The van der Waals surface area contributed by atoms with E-state index in [0.29, 0.717) is 28.3 Å². The molecule has 0 aliphatic rings. The lowest BCUT2D eigenvalue weighted by molar-refractivity contribution is -0.111. The number of carbonyl (C=O) groups is 1. The molecule has 0 unspecified atom stereocenters. The fourth-order valence-electron chi connectivity index (χ4n) is 2.95. The van der Waals surface area contributed by atoms with E-state index in [4.69, 9.17) is 11.6 Å². The molecule has 0 spiro atoms. The van der Waals surface area contributed by atoms with Crippen LogP contribution in [0.2, 0.25) is 5.15 Å². The number of carbonyl (C=O) groups excluding carboxylic acids is 1. The minimum atomic E-state index is -0.536. The summed E-state index contributed by atoms with van der Waals surface area (Å²) < 4.78 is 16.3. The van der Waals surface area contributed by atoms with E-state index in [-0.39, 0.29) is 16.8 Å².